The van der Waals surface area contributed by atoms with Gasteiger partial charge in [0.25, 0.3) is 5.82 Å². The lowest BCUT2D eigenvalue weighted by atomic mass is 10.2. The molecule has 25 heavy (non-hydrogen) atoms. The van der Waals surface area contributed by atoms with E-state index in [9.17, 15) is 13.2 Å². The maximum absolute atomic E-state index is 12.8. The van der Waals surface area contributed by atoms with Crippen molar-refractivity contribution >= 4 is 23.4 Å². The molecule has 7 nitrogen and oxygen atoms in total. The molecule has 0 aliphatic rings. The maximum Gasteiger partial charge on any atom is 0.453 e. The summed E-state index contributed by atoms with van der Waals surface area (Å²) < 4.78 is 39.1. The van der Waals surface area contributed by atoms with Gasteiger partial charge in [0.05, 0.1) is 6.21 Å². The second-order valence-electron chi connectivity index (χ2n) is 5.37. The third-order valence-electron chi connectivity index (χ3n) is 3.32. The van der Waals surface area contributed by atoms with Crippen LogP contribution in [-0.2, 0) is 6.18 Å². The predicted molar refractivity (Wildman–Crippen MR) is 87.8 cm³/mol. The molecule has 2 heterocycles. The van der Waals surface area contributed by atoms with E-state index in [0.717, 1.165) is 11.3 Å². The molecule has 1 aromatic carbocycles. The van der Waals surface area contributed by atoms with Crippen molar-refractivity contribution in [3.8, 4) is 0 Å². The Kier molecular flexibility index (Phi) is 4.26. The Hall–Kier alpha value is -3.17. The van der Waals surface area contributed by atoms with Gasteiger partial charge in [-0.1, -0.05) is 12.1 Å². The summed E-state index contributed by atoms with van der Waals surface area (Å²) in [4.78, 5) is 1.97. The van der Waals surface area contributed by atoms with Crippen molar-refractivity contribution in [3.05, 3.63) is 47.8 Å². The molecule has 130 valence electrons. The first kappa shape index (κ1) is 16.7. The van der Waals surface area contributed by atoms with Crippen molar-refractivity contribution in [1.29, 1.82) is 0 Å². The maximum atomic E-state index is 12.8. The number of benzene rings is 1. The molecule has 3 aromatic rings. The number of alkyl halides is 3. The molecule has 1 N–H and O–H groups in total. The van der Waals surface area contributed by atoms with Gasteiger partial charge in [-0.15, -0.1) is 15.3 Å². The van der Waals surface area contributed by atoms with Gasteiger partial charge in [-0.25, -0.2) is 0 Å². The van der Waals surface area contributed by atoms with E-state index in [1.807, 2.05) is 43.3 Å². The quantitative estimate of drug-likeness (QED) is 0.579. The van der Waals surface area contributed by atoms with Gasteiger partial charge in [0.2, 0.25) is 0 Å². The standard InChI is InChI=1S/C15H14F3N7/c1-24(2)11-5-3-10(4-6-11)9-19-20-12-7-8-13-21-22-14(15(16,17)18)25(13)23-12/h3-9H,1-2H3,(H,20,23)/b19-9+. The molecule has 2 aromatic heterocycles. The molecule has 3 rings (SSSR count). The molecule has 0 aliphatic carbocycles. The van der Waals surface area contributed by atoms with E-state index in [1.165, 1.54) is 12.1 Å². The molecule has 0 saturated carbocycles. The number of nitrogens with one attached hydrogen (secondary N) is 1. The smallest absolute Gasteiger partial charge is 0.378 e. The fourth-order valence-electron chi connectivity index (χ4n) is 2.06. The molecule has 0 unspecified atom stereocenters. The van der Waals surface area contributed by atoms with Crippen LogP contribution in [0.1, 0.15) is 11.4 Å². The Morgan fingerprint density at radius 2 is 1.80 bits per heavy atom. The van der Waals surface area contributed by atoms with Crippen LogP contribution in [0.3, 0.4) is 0 Å². The molecule has 0 saturated heterocycles. The summed E-state index contributed by atoms with van der Waals surface area (Å²) in [7, 11) is 3.87. The molecular weight excluding hydrogens is 335 g/mol. The summed E-state index contributed by atoms with van der Waals surface area (Å²) in [5, 5.41) is 14.3. The number of anilines is 2. The minimum atomic E-state index is -4.64. The number of hydrogen-bond acceptors (Lipinski definition) is 6. The van der Waals surface area contributed by atoms with Crippen LogP contribution in [0.15, 0.2) is 41.5 Å². The van der Waals surface area contributed by atoms with Gasteiger partial charge < -0.3 is 4.90 Å². The van der Waals surface area contributed by atoms with E-state index in [2.05, 4.69) is 25.8 Å². The molecule has 0 fully saturated rings. The van der Waals surface area contributed by atoms with Crippen molar-refractivity contribution in [1.82, 2.24) is 19.8 Å². The number of fused-ring (bicyclic) bond motifs is 1. The van der Waals surface area contributed by atoms with Crippen LogP contribution in [-0.4, -0.2) is 40.1 Å². The average Bonchev–Trinajstić information content (AvgIpc) is 2.99. The van der Waals surface area contributed by atoms with Crippen LogP contribution in [0.4, 0.5) is 24.7 Å². The number of hydrogen-bond donors (Lipinski definition) is 1. The fraction of sp³-hybridized carbons (Fsp3) is 0.200. The zero-order valence-electron chi connectivity index (χ0n) is 13.4. The molecule has 0 amide bonds. The van der Waals surface area contributed by atoms with Crippen LogP contribution in [0.25, 0.3) is 5.65 Å². The third-order valence-corrected chi connectivity index (χ3v) is 3.32. The number of halogens is 3. The highest BCUT2D eigenvalue weighted by atomic mass is 19.4. The van der Waals surface area contributed by atoms with Crippen molar-refractivity contribution in [2.75, 3.05) is 24.4 Å². The van der Waals surface area contributed by atoms with Crippen LogP contribution in [0.5, 0.6) is 0 Å². The van der Waals surface area contributed by atoms with Gasteiger partial charge in [-0.2, -0.15) is 22.8 Å². The lowest BCUT2D eigenvalue weighted by Crippen LogP contribution is -2.13. The van der Waals surface area contributed by atoms with Crippen LogP contribution in [0.2, 0.25) is 0 Å². The molecular formula is C15H14F3N7. The third kappa shape index (κ3) is 3.67. The topological polar surface area (TPSA) is 70.7 Å². The van der Waals surface area contributed by atoms with Crippen LogP contribution < -0.4 is 10.3 Å². The second-order valence-corrected chi connectivity index (χ2v) is 5.37. The zero-order valence-corrected chi connectivity index (χ0v) is 13.4. The first-order valence-electron chi connectivity index (χ1n) is 7.21. The Labute approximate surface area is 140 Å². The van der Waals surface area contributed by atoms with E-state index >= 15 is 0 Å². The highest BCUT2D eigenvalue weighted by Crippen LogP contribution is 2.27. The van der Waals surface area contributed by atoms with Gasteiger partial charge in [-0.05, 0) is 29.8 Å². The molecule has 10 heteroatoms. The monoisotopic (exact) mass is 349 g/mol. The molecule has 0 atom stereocenters. The number of rotatable bonds is 4. The molecule has 0 bridgehead atoms. The molecule has 0 aliphatic heterocycles. The Morgan fingerprint density at radius 3 is 2.44 bits per heavy atom. The Balaban J connectivity index is 1.76. The van der Waals surface area contributed by atoms with Gasteiger partial charge >= 0.3 is 6.18 Å². The van der Waals surface area contributed by atoms with Gasteiger partial charge in [-0.3, -0.25) is 5.43 Å². The van der Waals surface area contributed by atoms with Crippen molar-refractivity contribution in [2.24, 2.45) is 5.10 Å². The largest absolute Gasteiger partial charge is 0.453 e. The summed E-state index contributed by atoms with van der Waals surface area (Å²) >= 11 is 0. The average molecular weight is 349 g/mol. The van der Waals surface area contributed by atoms with Crippen LogP contribution in [0, 0.1) is 0 Å². The predicted octanol–water partition coefficient (Wildman–Crippen LogP) is 2.66. The fourth-order valence-corrected chi connectivity index (χ4v) is 2.06. The first-order chi connectivity index (χ1) is 11.8. The second kappa shape index (κ2) is 6.38. The summed E-state index contributed by atoms with van der Waals surface area (Å²) in [6.07, 6.45) is -3.09. The number of aromatic nitrogens is 4. The van der Waals surface area contributed by atoms with Gasteiger partial charge in [0.15, 0.2) is 11.5 Å². The number of hydrazone groups is 1. The van der Waals surface area contributed by atoms with E-state index in [0.29, 0.717) is 4.52 Å². The summed E-state index contributed by atoms with van der Waals surface area (Å²) in [6, 6.07) is 10.4. The molecule has 0 radical (unpaired) electrons. The minimum absolute atomic E-state index is 0.00105. The van der Waals surface area contributed by atoms with Crippen LogP contribution >= 0.6 is 0 Å². The van der Waals surface area contributed by atoms with Gasteiger partial charge in [0.1, 0.15) is 0 Å². The Morgan fingerprint density at radius 1 is 1.08 bits per heavy atom. The number of nitrogens with zero attached hydrogens (tertiary/aromatic N) is 6. The Bertz CT molecular complexity index is 898. The normalized spacial score (nSPS) is 12.0. The van der Waals surface area contributed by atoms with E-state index in [1.54, 1.807) is 6.21 Å². The van der Waals surface area contributed by atoms with E-state index < -0.39 is 12.0 Å². The van der Waals surface area contributed by atoms with Crippen molar-refractivity contribution in [2.45, 2.75) is 6.18 Å². The van der Waals surface area contributed by atoms with Crippen molar-refractivity contribution in [3.63, 3.8) is 0 Å². The lowest BCUT2D eigenvalue weighted by Gasteiger charge is -2.11. The zero-order chi connectivity index (χ0) is 18.0. The summed E-state index contributed by atoms with van der Waals surface area (Å²) in [5.74, 6) is -1.05. The van der Waals surface area contributed by atoms with Crippen molar-refractivity contribution < 1.29 is 13.2 Å². The highest BCUT2D eigenvalue weighted by Gasteiger charge is 2.37. The van der Waals surface area contributed by atoms with Gasteiger partial charge in [0, 0.05) is 19.8 Å². The molecule has 0 spiro atoms. The van der Waals surface area contributed by atoms with E-state index in [4.69, 9.17) is 0 Å². The summed E-state index contributed by atoms with van der Waals surface area (Å²) in [5.41, 5.74) is 4.48. The highest BCUT2D eigenvalue weighted by molar-refractivity contribution is 5.80. The summed E-state index contributed by atoms with van der Waals surface area (Å²) in [6.45, 7) is 0. The van der Waals surface area contributed by atoms with E-state index in [-0.39, 0.29) is 11.5 Å². The SMILES string of the molecule is CN(C)c1ccc(/C=N/Nc2ccc3nnc(C(F)(F)F)n3n2)cc1. The lowest BCUT2D eigenvalue weighted by molar-refractivity contribution is -0.146. The minimum Gasteiger partial charge on any atom is -0.378 e. The first-order valence-corrected chi connectivity index (χ1v) is 7.21.